The summed E-state index contributed by atoms with van der Waals surface area (Å²) in [5.41, 5.74) is 0.129. The lowest BCUT2D eigenvalue weighted by atomic mass is 9.79. The first-order valence-corrected chi connectivity index (χ1v) is 8.96. The molecule has 3 aliphatic rings. The molecule has 3 fully saturated rings. The minimum atomic E-state index is -0.167. The van der Waals surface area contributed by atoms with Crippen LogP contribution in [0.15, 0.2) is 0 Å². The molecule has 3 unspecified atom stereocenters. The van der Waals surface area contributed by atoms with E-state index in [4.69, 9.17) is 4.74 Å². The van der Waals surface area contributed by atoms with Crippen LogP contribution < -0.4 is 0 Å². The lowest BCUT2D eigenvalue weighted by Gasteiger charge is -2.44. The lowest BCUT2D eigenvalue weighted by Crippen LogP contribution is -2.52. The minimum Gasteiger partial charge on any atom is -0.391 e. The molecule has 0 amide bonds. The molecule has 1 N–H and O–H groups in total. The van der Waals surface area contributed by atoms with Crippen LogP contribution in [-0.4, -0.2) is 59.5 Å². The lowest BCUT2D eigenvalue weighted by molar-refractivity contribution is -0.120. The molecule has 2 heterocycles. The second-order valence-corrected chi connectivity index (χ2v) is 7.75. The van der Waals surface area contributed by atoms with Gasteiger partial charge in [-0.3, -0.25) is 4.90 Å². The molecule has 0 aromatic rings. The zero-order valence-corrected chi connectivity index (χ0v) is 12.8. The van der Waals surface area contributed by atoms with Crippen molar-refractivity contribution in [1.29, 1.82) is 0 Å². The van der Waals surface area contributed by atoms with Gasteiger partial charge in [-0.2, -0.15) is 11.8 Å². The van der Waals surface area contributed by atoms with Gasteiger partial charge >= 0.3 is 0 Å². The number of likely N-dealkylation sites (N-methyl/N-ethyl adjacent to an activating group) is 1. The topological polar surface area (TPSA) is 32.7 Å². The molecule has 2 saturated heterocycles. The van der Waals surface area contributed by atoms with Crippen LogP contribution in [0.3, 0.4) is 0 Å². The highest BCUT2D eigenvalue weighted by molar-refractivity contribution is 7.99. The van der Waals surface area contributed by atoms with Crippen LogP contribution >= 0.6 is 11.8 Å². The van der Waals surface area contributed by atoms with Gasteiger partial charge in [-0.05, 0) is 38.6 Å². The molecule has 0 bridgehead atoms. The third-order valence-electron chi connectivity index (χ3n) is 5.37. The number of nitrogens with zero attached hydrogens (tertiary/aromatic N) is 1. The summed E-state index contributed by atoms with van der Waals surface area (Å²) in [6.07, 6.45) is 7.00. The Balaban J connectivity index is 1.64. The van der Waals surface area contributed by atoms with E-state index >= 15 is 0 Å². The first kappa shape index (κ1) is 14.2. The number of hydrogen-bond donors (Lipinski definition) is 1. The summed E-state index contributed by atoms with van der Waals surface area (Å²) in [6.45, 7) is 1.96. The third-order valence-corrected chi connectivity index (χ3v) is 6.41. The fraction of sp³-hybridized carbons (Fsp3) is 1.00. The molecule has 3 rings (SSSR count). The zero-order valence-electron chi connectivity index (χ0n) is 12.0. The molecule has 1 aliphatic carbocycles. The van der Waals surface area contributed by atoms with E-state index in [1.54, 1.807) is 0 Å². The minimum absolute atomic E-state index is 0.129. The van der Waals surface area contributed by atoms with Gasteiger partial charge < -0.3 is 9.84 Å². The van der Waals surface area contributed by atoms with E-state index < -0.39 is 0 Å². The highest BCUT2D eigenvalue weighted by atomic mass is 32.2. The zero-order chi connectivity index (χ0) is 13.3. The van der Waals surface area contributed by atoms with Crippen molar-refractivity contribution in [3.63, 3.8) is 0 Å². The molecule has 3 atom stereocenters. The van der Waals surface area contributed by atoms with Gasteiger partial charge in [0, 0.05) is 30.7 Å². The van der Waals surface area contributed by atoms with Gasteiger partial charge in [0.05, 0.1) is 11.7 Å². The summed E-state index contributed by atoms with van der Waals surface area (Å²) < 4.78 is 6.09. The maximum atomic E-state index is 10.8. The molecule has 0 aromatic carbocycles. The number of aliphatic hydroxyl groups is 1. The van der Waals surface area contributed by atoms with Gasteiger partial charge in [-0.1, -0.05) is 12.8 Å². The number of hydrogen-bond acceptors (Lipinski definition) is 4. The van der Waals surface area contributed by atoms with Crippen LogP contribution in [0.25, 0.3) is 0 Å². The highest BCUT2D eigenvalue weighted by Gasteiger charge is 2.43. The Bertz CT molecular complexity index is 307. The molecule has 0 aromatic heterocycles. The van der Waals surface area contributed by atoms with Crippen molar-refractivity contribution < 1.29 is 9.84 Å². The summed E-state index contributed by atoms with van der Waals surface area (Å²) >= 11 is 1.99. The fourth-order valence-electron chi connectivity index (χ4n) is 4.10. The molecule has 0 radical (unpaired) electrons. The summed E-state index contributed by atoms with van der Waals surface area (Å²) in [4.78, 5) is 2.36. The predicted molar refractivity (Wildman–Crippen MR) is 79.6 cm³/mol. The largest absolute Gasteiger partial charge is 0.391 e. The summed E-state index contributed by atoms with van der Waals surface area (Å²) in [5, 5.41) is 10.8. The van der Waals surface area contributed by atoms with E-state index in [-0.39, 0.29) is 11.7 Å². The normalized spacial score (nSPS) is 37.6. The maximum Gasteiger partial charge on any atom is 0.0733 e. The number of thioether (sulfide) groups is 1. The molecular weight excluding hydrogens is 258 g/mol. The van der Waals surface area contributed by atoms with Crippen molar-refractivity contribution in [2.24, 2.45) is 5.92 Å². The first-order valence-electron chi connectivity index (χ1n) is 7.80. The Morgan fingerprint density at radius 2 is 2.16 bits per heavy atom. The smallest absolute Gasteiger partial charge is 0.0733 e. The van der Waals surface area contributed by atoms with Crippen molar-refractivity contribution >= 4 is 11.8 Å². The second kappa shape index (κ2) is 5.92. The van der Waals surface area contributed by atoms with Crippen molar-refractivity contribution in [1.82, 2.24) is 4.90 Å². The number of aliphatic hydroxyl groups excluding tert-OH is 1. The second-order valence-electron chi connectivity index (χ2n) is 6.60. The average molecular weight is 285 g/mol. The van der Waals surface area contributed by atoms with E-state index in [0.29, 0.717) is 12.0 Å². The SMILES string of the molecule is CN1CCSCC1C(O)C1CCOC2(CCCC2)C1. The molecule has 3 nitrogen and oxygen atoms in total. The van der Waals surface area contributed by atoms with Crippen LogP contribution in [0.4, 0.5) is 0 Å². The maximum absolute atomic E-state index is 10.8. The Hall–Kier alpha value is 0.230. The van der Waals surface area contributed by atoms with Crippen LogP contribution in [0.1, 0.15) is 38.5 Å². The van der Waals surface area contributed by atoms with Crippen LogP contribution in [-0.2, 0) is 4.74 Å². The van der Waals surface area contributed by atoms with Crippen molar-refractivity contribution in [3.8, 4) is 0 Å². The quantitative estimate of drug-likeness (QED) is 0.842. The summed E-state index contributed by atoms with van der Waals surface area (Å²) in [5.74, 6) is 2.73. The molecular formula is C15H27NO2S. The first-order chi connectivity index (χ1) is 9.20. The molecule has 4 heteroatoms. The standard InChI is InChI=1S/C15H27NO2S/c1-16-7-9-19-11-13(16)14(17)12-4-8-18-15(10-12)5-2-3-6-15/h12-14,17H,2-11H2,1H3. The summed E-state index contributed by atoms with van der Waals surface area (Å²) in [7, 11) is 2.16. The van der Waals surface area contributed by atoms with Gasteiger partial charge in [0.1, 0.15) is 0 Å². The van der Waals surface area contributed by atoms with Gasteiger partial charge in [-0.25, -0.2) is 0 Å². The Labute approximate surface area is 121 Å². The van der Waals surface area contributed by atoms with E-state index in [9.17, 15) is 5.11 Å². The third kappa shape index (κ3) is 2.97. The van der Waals surface area contributed by atoms with E-state index in [1.165, 1.54) is 31.4 Å². The van der Waals surface area contributed by atoms with E-state index in [1.807, 2.05) is 11.8 Å². The Morgan fingerprint density at radius 1 is 1.37 bits per heavy atom. The van der Waals surface area contributed by atoms with Gasteiger partial charge in [-0.15, -0.1) is 0 Å². The van der Waals surface area contributed by atoms with Gasteiger partial charge in [0.15, 0.2) is 0 Å². The Kier molecular flexibility index (Phi) is 4.42. The fourth-order valence-corrected chi connectivity index (χ4v) is 5.38. The Morgan fingerprint density at radius 3 is 2.89 bits per heavy atom. The molecule has 110 valence electrons. The van der Waals surface area contributed by atoms with E-state index in [2.05, 4.69) is 11.9 Å². The van der Waals surface area contributed by atoms with Gasteiger partial charge in [0.25, 0.3) is 0 Å². The average Bonchev–Trinajstić information content (AvgIpc) is 2.86. The van der Waals surface area contributed by atoms with Crippen LogP contribution in [0.2, 0.25) is 0 Å². The van der Waals surface area contributed by atoms with Crippen LogP contribution in [0, 0.1) is 5.92 Å². The summed E-state index contributed by atoms with van der Waals surface area (Å²) in [6, 6.07) is 0.348. The van der Waals surface area contributed by atoms with Gasteiger partial charge in [0.2, 0.25) is 0 Å². The van der Waals surface area contributed by atoms with E-state index in [0.717, 1.165) is 31.7 Å². The molecule has 1 saturated carbocycles. The monoisotopic (exact) mass is 285 g/mol. The van der Waals surface area contributed by atoms with Crippen molar-refractivity contribution in [2.45, 2.75) is 56.3 Å². The highest BCUT2D eigenvalue weighted by Crippen LogP contribution is 2.43. The molecule has 1 spiro atoms. The number of rotatable bonds is 2. The predicted octanol–water partition coefficient (Wildman–Crippen LogP) is 2.13. The van der Waals surface area contributed by atoms with Crippen LogP contribution in [0.5, 0.6) is 0 Å². The van der Waals surface area contributed by atoms with Crippen molar-refractivity contribution in [3.05, 3.63) is 0 Å². The number of ether oxygens (including phenoxy) is 1. The van der Waals surface area contributed by atoms with Crippen molar-refractivity contribution in [2.75, 3.05) is 31.7 Å². The molecule has 2 aliphatic heterocycles. The molecule has 19 heavy (non-hydrogen) atoms.